The molecule has 8 aromatic carbocycles. The van der Waals surface area contributed by atoms with E-state index in [1.54, 1.807) is 0 Å². The van der Waals surface area contributed by atoms with Crippen LogP contribution in [0, 0.1) is 0 Å². The smallest absolute Gasteiger partial charge is 0.179 e. The Morgan fingerprint density at radius 3 is 1.41 bits per heavy atom. The van der Waals surface area contributed by atoms with Gasteiger partial charge in [-0.25, -0.2) is 0 Å². The van der Waals surface area contributed by atoms with Gasteiger partial charge in [-0.1, -0.05) is 157 Å². The minimum atomic E-state index is -3.90. The van der Waals surface area contributed by atoms with E-state index in [0.29, 0.717) is 15.6 Å². The van der Waals surface area contributed by atoms with Gasteiger partial charge in [0.2, 0.25) is 0 Å². The van der Waals surface area contributed by atoms with Gasteiger partial charge in [0.05, 0.1) is 46.7 Å². The van der Waals surface area contributed by atoms with Crippen LogP contribution in [0.1, 0.15) is 24.7 Å². The predicted molar refractivity (Wildman–Crippen MR) is 219 cm³/mol. The molecule has 2 nitrogen and oxygen atoms in total. The summed E-state index contributed by atoms with van der Waals surface area (Å²) in [5.41, 5.74) is -2.33. The first-order valence-corrected chi connectivity index (χ1v) is 18.2. The van der Waals surface area contributed by atoms with Crippen molar-refractivity contribution in [2.24, 2.45) is 0 Å². The fraction of sp³-hybridized carbons (Fsp3) is 0. The largest absolute Gasteiger partial charge is 0.309 e. The van der Waals surface area contributed by atoms with Crippen molar-refractivity contribution in [1.29, 1.82) is 0 Å². The lowest BCUT2D eigenvalue weighted by atomic mass is 10.1. The second-order valence-corrected chi connectivity index (χ2v) is 15.7. The summed E-state index contributed by atoms with van der Waals surface area (Å²) in [5.74, 6) is 0. The molecule has 10 rings (SSSR count). The minimum Gasteiger partial charge on any atom is -0.309 e. The highest BCUT2D eigenvalue weighted by atomic mass is 28.3. The second-order valence-electron chi connectivity index (χ2n) is 11.9. The molecule has 51 heavy (non-hydrogen) atoms. The molecular formula is C48H34N2Si. The molecule has 10 aromatic rings. The predicted octanol–water partition coefficient (Wildman–Crippen LogP) is 9.26. The first-order valence-electron chi connectivity index (χ1n) is 25.2. The van der Waals surface area contributed by atoms with E-state index in [4.69, 9.17) is 12.3 Å². The quantitative estimate of drug-likeness (QED) is 0.122. The van der Waals surface area contributed by atoms with Crippen LogP contribution in [0.15, 0.2) is 206 Å². The summed E-state index contributed by atoms with van der Waals surface area (Å²) >= 11 is 0. The number of benzene rings is 8. The first kappa shape index (κ1) is 16.5. The van der Waals surface area contributed by atoms with Crippen LogP contribution in [0.4, 0.5) is 0 Å². The molecule has 0 fully saturated rings. The van der Waals surface area contributed by atoms with Crippen LogP contribution in [0.25, 0.3) is 55.0 Å². The van der Waals surface area contributed by atoms with E-state index in [1.165, 1.54) is 0 Å². The van der Waals surface area contributed by atoms with Crippen molar-refractivity contribution < 1.29 is 24.7 Å². The highest BCUT2D eigenvalue weighted by Crippen LogP contribution is 2.36. The fourth-order valence-electron chi connectivity index (χ4n) is 7.18. The SMILES string of the molecule is [2H]c1cc2c(c([2H])c1[2H])c1c([2H])c([2H])c([2H])c([2H])c1n2-c1c([2H])c([2H])c2c(c1[2H])c1c([2H])c([2H])c([2H])c([2H])c1n2-c1c([2H])c([2H])c([2H])c([Si](c2ccccc2)(c2ccccc2)c2ccccc2)c1[2H]. The Hall–Kier alpha value is -6.42. The van der Waals surface area contributed by atoms with Gasteiger partial charge >= 0.3 is 0 Å². The summed E-state index contributed by atoms with van der Waals surface area (Å²) < 4.78 is 168. The van der Waals surface area contributed by atoms with Gasteiger partial charge in [-0.2, -0.15) is 0 Å². The number of aromatic nitrogens is 2. The zero-order valence-electron chi connectivity index (χ0n) is 44.6. The Bertz CT molecular complexity index is 3780. The number of para-hydroxylation sites is 3. The van der Waals surface area contributed by atoms with Crippen molar-refractivity contribution in [2.45, 2.75) is 0 Å². The van der Waals surface area contributed by atoms with Crippen LogP contribution in [0.2, 0.25) is 0 Å². The molecule has 0 radical (unpaired) electrons. The summed E-state index contributed by atoms with van der Waals surface area (Å²) in [4.78, 5) is 0. The van der Waals surface area contributed by atoms with Crippen LogP contribution in [-0.4, -0.2) is 17.2 Å². The van der Waals surface area contributed by atoms with E-state index in [0.717, 1.165) is 15.2 Å². The van der Waals surface area contributed by atoms with Crippen molar-refractivity contribution >= 4 is 72.4 Å². The number of nitrogens with zero attached hydrogens (tertiary/aromatic N) is 2. The lowest BCUT2D eigenvalue weighted by molar-refractivity contribution is 1.17. The molecule has 0 aliphatic heterocycles. The summed E-state index contributed by atoms with van der Waals surface area (Å²) in [7, 11) is -3.90. The summed E-state index contributed by atoms with van der Waals surface area (Å²) in [6, 6.07) is 17.0. The van der Waals surface area contributed by atoms with E-state index in [9.17, 15) is 12.3 Å². The molecule has 0 aliphatic carbocycles. The second kappa shape index (κ2) is 11.9. The monoisotopic (exact) mass is 684 g/mol. The van der Waals surface area contributed by atoms with E-state index in [1.807, 2.05) is 91.0 Å². The molecule has 3 heteroatoms. The van der Waals surface area contributed by atoms with E-state index in [2.05, 4.69) is 0 Å². The molecule has 0 bridgehead atoms. The van der Waals surface area contributed by atoms with Crippen molar-refractivity contribution in [3.8, 4) is 11.4 Å². The topological polar surface area (TPSA) is 9.86 Å². The third-order valence-electron chi connectivity index (χ3n) is 9.31. The number of fused-ring (bicyclic) bond motifs is 6. The van der Waals surface area contributed by atoms with Gasteiger partial charge in [0.1, 0.15) is 0 Å². The minimum absolute atomic E-state index is 0.0452. The maximum absolute atomic E-state index is 10.3. The molecule has 0 atom stereocenters. The normalized spacial score (nSPS) is 16.9. The molecule has 2 heterocycles. The molecule has 0 N–H and O–H groups in total. The van der Waals surface area contributed by atoms with Crippen molar-refractivity contribution in [1.82, 2.24) is 9.13 Å². The molecule has 0 saturated carbocycles. The Labute approximate surface area is 323 Å². The van der Waals surface area contributed by atoms with Gasteiger partial charge < -0.3 is 9.13 Å². The standard InChI is InChI=1S/C48H34N2Si/c1-4-18-37(19-5-1)51(38-20-6-2-7-21-38,39-22-8-3-9-23-39)40-24-16-17-35(33-40)49-47-30-15-12-27-43(47)44-34-36(31-32-48(44)49)50-45-28-13-10-25-41(45)42-26-11-14-29-46(42)50/h1-34H/i10D,11D,12D,13D,14D,15D,16D,17D,24D,25D,26D,27D,28D,30D,31D,32D,33D,34D. The molecule has 0 spiro atoms. The Kier molecular flexibility index (Phi) is 3.85. The third-order valence-corrected chi connectivity index (χ3v) is 13.9. The van der Waals surface area contributed by atoms with Gasteiger partial charge in [0, 0.05) is 32.9 Å². The maximum atomic E-state index is 10.3. The molecule has 0 amide bonds. The van der Waals surface area contributed by atoms with E-state index < -0.39 is 139 Å². The lowest BCUT2D eigenvalue weighted by Gasteiger charge is -2.34. The van der Waals surface area contributed by atoms with Crippen LogP contribution >= 0.6 is 0 Å². The van der Waals surface area contributed by atoms with Gasteiger partial charge in [-0.15, -0.1) is 0 Å². The lowest BCUT2D eigenvalue weighted by Crippen LogP contribution is -2.74. The molecule has 0 unspecified atom stereocenters. The van der Waals surface area contributed by atoms with Crippen LogP contribution in [0.3, 0.4) is 0 Å². The average Bonchev–Trinajstić information content (AvgIpc) is 3.88. The molecular weight excluding hydrogens is 633 g/mol. The Morgan fingerprint density at radius 2 is 0.804 bits per heavy atom. The van der Waals surface area contributed by atoms with Crippen molar-refractivity contribution in [2.75, 3.05) is 0 Å². The van der Waals surface area contributed by atoms with Crippen LogP contribution < -0.4 is 20.7 Å². The van der Waals surface area contributed by atoms with Crippen molar-refractivity contribution in [3.05, 3.63) is 206 Å². The zero-order chi connectivity index (χ0) is 49.4. The molecule has 0 aliphatic rings. The number of hydrogen-bond donors (Lipinski definition) is 0. The van der Waals surface area contributed by atoms with Crippen molar-refractivity contribution in [3.63, 3.8) is 0 Å². The van der Waals surface area contributed by atoms with Gasteiger partial charge in [0.25, 0.3) is 0 Å². The van der Waals surface area contributed by atoms with Gasteiger partial charge in [0.15, 0.2) is 8.07 Å². The molecule has 2 aromatic heterocycles. The number of hydrogen-bond acceptors (Lipinski definition) is 0. The summed E-state index contributed by atoms with van der Waals surface area (Å²) in [5, 5.41) is 0.971. The number of rotatable bonds is 6. The summed E-state index contributed by atoms with van der Waals surface area (Å²) in [6.45, 7) is 0. The summed E-state index contributed by atoms with van der Waals surface area (Å²) in [6.07, 6.45) is 0. The van der Waals surface area contributed by atoms with Crippen LogP contribution in [-0.2, 0) is 0 Å². The van der Waals surface area contributed by atoms with Gasteiger partial charge in [-0.05, 0) is 69.1 Å². The fourth-order valence-corrected chi connectivity index (χ4v) is 11.7. The average molecular weight is 685 g/mol. The highest BCUT2D eigenvalue weighted by Gasteiger charge is 2.41. The van der Waals surface area contributed by atoms with Gasteiger partial charge in [-0.3, -0.25) is 0 Å². The van der Waals surface area contributed by atoms with E-state index >= 15 is 0 Å². The van der Waals surface area contributed by atoms with Crippen LogP contribution in [0.5, 0.6) is 0 Å². The third kappa shape index (κ3) is 4.49. The highest BCUT2D eigenvalue weighted by molar-refractivity contribution is 7.19. The maximum Gasteiger partial charge on any atom is 0.179 e. The molecule has 0 saturated heterocycles. The Morgan fingerprint density at radius 1 is 0.333 bits per heavy atom. The molecule has 240 valence electrons. The first-order chi connectivity index (χ1) is 32.8. The Balaban J connectivity index is 1.45. The van der Waals surface area contributed by atoms with E-state index in [-0.39, 0.29) is 37.8 Å². The zero-order valence-corrected chi connectivity index (χ0v) is 27.6.